The van der Waals surface area contributed by atoms with Crippen molar-refractivity contribution >= 4 is 11.9 Å². The van der Waals surface area contributed by atoms with Crippen LogP contribution in [0.5, 0.6) is 0 Å². The van der Waals surface area contributed by atoms with Crippen LogP contribution < -0.4 is 0 Å². The molecule has 0 amide bonds. The van der Waals surface area contributed by atoms with Gasteiger partial charge in [0.15, 0.2) is 23.8 Å². The van der Waals surface area contributed by atoms with E-state index < -0.39 is 59.0 Å². The van der Waals surface area contributed by atoms with Gasteiger partial charge >= 0.3 is 11.9 Å². The topological polar surface area (TPSA) is 89.5 Å². The Morgan fingerprint density at radius 2 is 0.861 bits per heavy atom. The highest BCUT2D eigenvalue weighted by molar-refractivity contribution is 5.76. The normalized spacial score (nSPS) is 37.4. The number of rotatable bonds is 2. The van der Waals surface area contributed by atoms with Gasteiger partial charge in [-0.15, -0.1) is 0 Å². The molecule has 36 heavy (non-hydrogen) atoms. The molecule has 8 nitrogen and oxygen atoms in total. The van der Waals surface area contributed by atoms with Crippen molar-refractivity contribution in [2.45, 2.75) is 154 Å². The van der Waals surface area contributed by atoms with Crippen LogP contribution in [0.4, 0.5) is 0 Å². The van der Waals surface area contributed by atoms with Crippen LogP contribution in [0, 0.1) is 10.8 Å². The molecule has 0 aromatic carbocycles. The van der Waals surface area contributed by atoms with Crippen molar-refractivity contribution in [3.05, 3.63) is 0 Å². The molecule has 6 atom stereocenters. The van der Waals surface area contributed by atoms with Crippen LogP contribution >= 0.6 is 0 Å². The standard InChI is InChI=1S/C28H44O8/c1-25(2,3)23(29)31-17-18(32-24(30)26(4,5)6)20-22(36-28(34-20)15-11-8-12-16-28)21-19(17)33-27(35-21)13-9-7-10-14-27/h17-22H,7-16H2,1-6H3/t17-,18-,19-,20+,21-,22-/m0/s1. The van der Waals surface area contributed by atoms with E-state index in [1.807, 2.05) is 41.5 Å². The second-order valence-electron chi connectivity index (χ2n) is 13.5. The minimum absolute atomic E-state index is 0.374. The van der Waals surface area contributed by atoms with Crippen molar-refractivity contribution < 1.29 is 38.0 Å². The predicted molar refractivity (Wildman–Crippen MR) is 130 cm³/mol. The molecule has 0 aromatic rings. The molecule has 3 saturated carbocycles. The Bertz CT molecular complexity index is 773. The molecule has 2 spiro atoms. The van der Waals surface area contributed by atoms with Gasteiger partial charge in [0.05, 0.1) is 10.8 Å². The summed E-state index contributed by atoms with van der Waals surface area (Å²) in [6.45, 7) is 10.9. The highest BCUT2D eigenvalue weighted by Crippen LogP contribution is 2.52. The fourth-order valence-electron chi connectivity index (χ4n) is 6.23. The Balaban J connectivity index is 1.53. The van der Waals surface area contributed by atoms with Gasteiger partial charge in [0.2, 0.25) is 0 Å². The van der Waals surface area contributed by atoms with Crippen molar-refractivity contribution in [3.8, 4) is 0 Å². The fourth-order valence-corrected chi connectivity index (χ4v) is 6.23. The molecule has 0 aromatic heterocycles. The van der Waals surface area contributed by atoms with Gasteiger partial charge in [-0.05, 0) is 67.2 Å². The Morgan fingerprint density at radius 1 is 0.556 bits per heavy atom. The average Bonchev–Trinajstić information content (AvgIpc) is 3.34. The molecule has 0 bridgehead atoms. The largest absolute Gasteiger partial charge is 0.455 e. The van der Waals surface area contributed by atoms with Gasteiger partial charge in [-0.3, -0.25) is 9.59 Å². The molecule has 2 aliphatic heterocycles. The third-order valence-corrected chi connectivity index (χ3v) is 8.29. The number of ether oxygens (including phenoxy) is 6. The average molecular weight is 509 g/mol. The van der Waals surface area contributed by atoms with Gasteiger partial charge in [0, 0.05) is 25.7 Å². The van der Waals surface area contributed by atoms with Gasteiger partial charge in [-0.1, -0.05) is 12.8 Å². The first-order valence-electron chi connectivity index (χ1n) is 14.0. The zero-order valence-corrected chi connectivity index (χ0v) is 22.8. The molecule has 5 rings (SSSR count). The van der Waals surface area contributed by atoms with Crippen LogP contribution in [-0.2, 0) is 38.0 Å². The summed E-state index contributed by atoms with van der Waals surface area (Å²) in [5, 5.41) is 0. The van der Waals surface area contributed by atoms with E-state index in [0.717, 1.165) is 64.2 Å². The summed E-state index contributed by atoms with van der Waals surface area (Å²) in [5.74, 6) is -2.19. The molecule has 0 unspecified atom stereocenters. The molecule has 0 N–H and O–H groups in total. The van der Waals surface area contributed by atoms with Crippen LogP contribution in [0.1, 0.15) is 106 Å². The quantitative estimate of drug-likeness (QED) is 0.491. The van der Waals surface area contributed by atoms with Gasteiger partial charge < -0.3 is 28.4 Å². The molecule has 5 aliphatic rings. The molecule has 2 saturated heterocycles. The van der Waals surface area contributed by atoms with Crippen LogP contribution in [0.3, 0.4) is 0 Å². The van der Waals surface area contributed by atoms with E-state index in [9.17, 15) is 9.59 Å². The Hall–Kier alpha value is -1.22. The Morgan fingerprint density at radius 3 is 1.17 bits per heavy atom. The Kier molecular flexibility index (Phi) is 6.75. The monoisotopic (exact) mass is 508 g/mol. The molecule has 3 aliphatic carbocycles. The summed E-state index contributed by atoms with van der Waals surface area (Å²) < 4.78 is 39.1. The van der Waals surface area contributed by atoms with Crippen molar-refractivity contribution in [2.24, 2.45) is 10.8 Å². The lowest BCUT2D eigenvalue weighted by Crippen LogP contribution is -2.64. The molecule has 5 fully saturated rings. The van der Waals surface area contributed by atoms with E-state index in [0.29, 0.717) is 0 Å². The summed E-state index contributed by atoms with van der Waals surface area (Å²) in [7, 11) is 0. The predicted octanol–water partition coefficient (Wildman–Crippen LogP) is 4.80. The van der Waals surface area contributed by atoms with E-state index in [1.165, 1.54) is 0 Å². The maximum atomic E-state index is 13.2. The first-order valence-corrected chi connectivity index (χ1v) is 14.0. The molecule has 204 valence electrons. The van der Waals surface area contributed by atoms with Gasteiger partial charge in [0.1, 0.15) is 24.4 Å². The molecule has 2 heterocycles. The lowest BCUT2D eigenvalue weighted by Gasteiger charge is -2.43. The summed E-state index contributed by atoms with van der Waals surface area (Å²) in [6.07, 6.45) is 5.69. The van der Waals surface area contributed by atoms with Crippen LogP contribution in [0.15, 0.2) is 0 Å². The van der Waals surface area contributed by atoms with Crippen molar-refractivity contribution in [1.29, 1.82) is 0 Å². The number of carbonyl (C=O) groups is 2. The number of carbonyl (C=O) groups excluding carboxylic acids is 2. The lowest BCUT2D eigenvalue weighted by atomic mass is 9.84. The maximum absolute atomic E-state index is 13.2. The van der Waals surface area contributed by atoms with E-state index in [-0.39, 0.29) is 11.9 Å². The van der Waals surface area contributed by atoms with Gasteiger partial charge in [-0.25, -0.2) is 0 Å². The number of hydrogen-bond donors (Lipinski definition) is 0. The highest BCUT2D eigenvalue weighted by Gasteiger charge is 2.68. The van der Waals surface area contributed by atoms with E-state index >= 15 is 0 Å². The van der Waals surface area contributed by atoms with Gasteiger partial charge in [0.25, 0.3) is 0 Å². The first-order chi connectivity index (χ1) is 16.8. The first kappa shape index (κ1) is 26.4. The van der Waals surface area contributed by atoms with Crippen molar-refractivity contribution in [1.82, 2.24) is 0 Å². The maximum Gasteiger partial charge on any atom is 0.311 e. The third kappa shape index (κ3) is 4.83. The van der Waals surface area contributed by atoms with Crippen LogP contribution in [0.25, 0.3) is 0 Å². The SMILES string of the molecule is CC(C)(C)C(=O)O[C@H]1[C@H](OC(=O)C(C)(C)C)[C@@H]2OC3(CCCCC3)O[C@@H]2[C@H]2OC3(CCCCC3)O[C@H]12. The highest BCUT2D eigenvalue weighted by atomic mass is 16.8. The zero-order chi connectivity index (χ0) is 25.9. The summed E-state index contributed by atoms with van der Waals surface area (Å²) in [6, 6.07) is 0. The number of hydrogen-bond acceptors (Lipinski definition) is 8. The van der Waals surface area contributed by atoms with Crippen molar-refractivity contribution in [2.75, 3.05) is 0 Å². The minimum Gasteiger partial charge on any atom is -0.455 e. The number of fused-ring (bicyclic) bond motifs is 3. The fraction of sp³-hybridized carbons (Fsp3) is 0.929. The summed E-state index contributed by atoms with van der Waals surface area (Å²) in [4.78, 5) is 26.3. The molecular weight excluding hydrogens is 464 g/mol. The zero-order valence-electron chi connectivity index (χ0n) is 22.8. The van der Waals surface area contributed by atoms with E-state index in [4.69, 9.17) is 28.4 Å². The summed E-state index contributed by atoms with van der Waals surface area (Å²) >= 11 is 0. The van der Waals surface area contributed by atoms with E-state index in [1.54, 1.807) is 0 Å². The molecular formula is C28H44O8. The van der Waals surface area contributed by atoms with Crippen LogP contribution in [-0.4, -0.2) is 60.1 Å². The smallest absolute Gasteiger partial charge is 0.311 e. The second kappa shape index (κ2) is 9.21. The van der Waals surface area contributed by atoms with Gasteiger partial charge in [-0.2, -0.15) is 0 Å². The number of esters is 2. The second-order valence-corrected chi connectivity index (χ2v) is 13.5. The minimum atomic E-state index is -0.849. The summed E-state index contributed by atoms with van der Waals surface area (Å²) in [5.41, 5.74) is -1.46. The third-order valence-electron chi connectivity index (χ3n) is 8.29. The molecule has 8 heteroatoms. The van der Waals surface area contributed by atoms with E-state index in [2.05, 4.69) is 0 Å². The van der Waals surface area contributed by atoms with Crippen LogP contribution in [0.2, 0.25) is 0 Å². The lowest BCUT2D eigenvalue weighted by molar-refractivity contribution is -0.232. The van der Waals surface area contributed by atoms with Crippen molar-refractivity contribution in [3.63, 3.8) is 0 Å². The molecule has 0 radical (unpaired) electrons. The Labute approximate surface area is 215 Å².